The van der Waals surface area contributed by atoms with Gasteiger partial charge in [-0.05, 0) is 31.2 Å². The Labute approximate surface area is 172 Å². The van der Waals surface area contributed by atoms with Gasteiger partial charge in [0.05, 0.1) is 23.7 Å². The SMILES string of the molecule is CCOc1ccccc1Nc1nnc(SCC(=O)Nc2ccc(F)c(F)c2F)s1. The Bertz CT molecular complexity index is 1020. The van der Waals surface area contributed by atoms with E-state index in [1.165, 1.54) is 11.3 Å². The highest BCUT2D eigenvalue weighted by Gasteiger charge is 2.16. The molecule has 0 atom stereocenters. The highest BCUT2D eigenvalue weighted by atomic mass is 32.2. The van der Waals surface area contributed by atoms with Gasteiger partial charge >= 0.3 is 0 Å². The molecule has 152 valence electrons. The Morgan fingerprint density at radius 1 is 1.10 bits per heavy atom. The molecule has 0 aliphatic carbocycles. The zero-order chi connectivity index (χ0) is 20.8. The molecule has 0 unspecified atom stereocenters. The molecule has 0 aliphatic rings. The van der Waals surface area contributed by atoms with Crippen LogP contribution in [0.2, 0.25) is 0 Å². The predicted molar refractivity (Wildman–Crippen MR) is 106 cm³/mol. The van der Waals surface area contributed by atoms with Crippen LogP contribution >= 0.6 is 23.1 Å². The minimum Gasteiger partial charge on any atom is -0.492 e. The first kappa shape index (κ1) is 20.9. The normalized spacial score (nSPS) is 10.6. The molecular formula is C18H15F3N4O2S2. The molecule has 0 radical (unpaired) electrons. The van der Waals surface area contributed by atoms with Crippen molar-refractivity contribution in [2.24, 2.45) is 0 Å². The molecule has 29 heavy (non-hydrogen) atoms. The highest BCUT2D eigenvalue weighted by molar-refractivity contribution is 8.01. The number of halogens is 3. The lowest BCUT2D eigenvalue weighted by Gasteiger charge is -2.09. The Hall–Kier alpha value is -2.79. The average molecular weight is 440 g/mol. The van der Waals surface area contributed by atoms with Gasteiger partial charge in [-0.25, -0.2) is 13.2 Å². The Morgan fingerprint density at radius 3 is 2.69 bits per heavy atom. The van der Waals surface area contributed by atoms with E-state index in [2.05, 4.69) is 20.8 Å². The number of hydrogen-bond acceptors (Lipinski definition) is 7. The van der Waals surface area contributed by atoms with Crippen LogP contribution in [0.3, 0.4) is 0 Å². The zero-order valence-corrected chi connectivity index (χ0v) is 16.7. The van der Waals surface area contributed by atoms with Crippen molar-refractivity contribution in [1.82, 2.24) is 10.2 Å². The van der Waals surface area contributed by atoms with Crippen LogP contribution in [0.1, 0.15) is 6.92 Å². The van der Waals surface area contributed by atoms with Gasteiger partial charge in [0.25, 0.3) is 0 Å². The maximum atomic E-state index is 13.6. The predicted octanol–water partition coefficient (Wildman–Crippen LogP) is 4.83. The van der Waals surface area contributed by atoms with Crippen LogP contribution in [0.15, 0.2) is 40.7 Å². The number of ether oxygens (including phenoxy) is 1. The van der Waals surface area contributed by atoms with Crippen molar-refractivity contribution in [3.8, 4) is 5.75 Å². The molecular weight excluding hydrogens is 425 g/mol. The van der Waals surface area contributed by atoms with Gasteiger partial charge in [-0.3, -0.25) is 4.79 Å². The summed E-state index contributed by atoms with van der Waals surface area (Å²) in [5, 5.41) is 13.8. The second-order valence-corrected chi connectivity index (χ2v) is 7.69. The summed E-state index contributed by atoms with van der Waals surface area (Å²) in [6.45, 7) is 2.40. The number of nitrogens with zero attached hydrogens (tertiary/aromatic N) is 2. The molecule has 0 aliphatic heterocycles. The number of benzene rings is 2. The summed E-state index contributed by atoms with van der Waals surface area (Å²) in [7, 11) is 0. The fraction of sp³-hybridized carbons (Fsp3) is 0.167. The van der Waals surface area contributed by atoms with E-state index in [1.807, 2.05) is 31.2 Å². The minimum absolute atomic E-state index is 0.109. The summed E-state index contributed by atoms with van der Waals surface area (Å²) in [6.07, 6.45) is 0. The summed E-state index contributed by atoms with van der Waals surface area (Å²) in [5.41, 5.74) is 0.301. The largest absolute Gasteiger partial charge is 0.492 e. The fourth-order valence-corrected chi connectivity index (χ4v) is 3.79. The maximum Gasteiger partial charge on any atom is 0.234 e. The minimum atomic E-state index is -1.64. The van der Waals surface area contributed by atoms with E-state index < -0.39 is 29.0 Å². The van der Waals surface area contributed by atoms with Gasteiger partial charge in [-0.15, -0.1) is 10.2 Å². The number of hydrogen-bond donors (Lipinski definition) is 2. The summed E-state index contributed by atoms with van der Waals surface area (Å²) in [6, 6.07) is 9.06. The molecule has 2 N–H and O–H groups in total. The standard InChI is InChI=1S/C18H15F3N4O2S2/c1-2-27-13-6-4-3-5-11(13)23-17-24-25-18(29-17)28-9-14(26)22-12-8-7-10(19)15(20)16(12)21/h3-8H,2,9H2,1H3,(H,22,26)(H,23,24). The van der Waals surface area contributed by atoms with Crippen LogP contribution in [0, 0.1) is 17.5 Å². The lowest BCUT2D eigenvalue weighted by Crippen LogP contribution is -2.15. The summed E-state index contributed by atoms with van der Waals surface area (Å²) >= 11 is 2.30. The number of rotatable bonds is 8. The molecule has 3 rings (SSSR count). The van der Waals surface area contributed by atoms with Gasteiger partial charge in [0.15, 0.2) is 21.8 Å². The topological polar surface area (TPSA) is 76.1 Å². The number of carbonyl (C=O) groups is 1. The van der Waals surface area contributed by atoms with Gasteiger partial charge < -0.3 is 15.4 Å². The molecule has 1 aromatic heterocycles. The third kappa shape index (κ3) is 5.39. The van der Waals surface area contributed by atoms with Crippen molar-refractivity contribution in [2.75, 3.05) is 23.0 Å². The average Bonchev–Trinajstić information content (AvgIpc) is 3.16. The number of aromatic nitrogens is 2. The van der Waals surface area contributed by atoms with E-state index in [0.29, 0.717) is 21.8 Å². The van der Waals surface area contributed by atoms with Crippen molar-refractivity contribution in [1.29, 1.82) is 0 Å². The zero-order valence-electron chi connectivity index (χ0n) is 15.0. The van der Waals surface area contributed by atoms with Crippen LogP contribution < -0.4 is 15.4 Å². The van der Waals surface area contributed by atoms with Crippen LogP contribution in [0.5, 0.6) is 5.75 Å². The molecule has 6 nitrogen and oxygen atoms in total. The number of thioether (sulfide) groups is 1. The highest BCUT2D eigenvalue weighted by Crippen LogP contribution is 2.31. The van der Waals surface area contributed by atoms with E-state index in [-0.39, 0.29) is 5.75 Å². The van der Waals surface area contributed by atoms with Crippen LogP contribution in [0.25, 0.3) is 0 Å². The Morgan fingerprint density at radius 2 is 1.90 bits per heavy atom. The molecule has 0 fully saturated rings. The monoisotopic (exact) mass is 440 g/mol. The van der Waals surface area contributed by atoms with Crippen LogP contribution in [0.4, 0.5) is 29.7 Å². The second kappa shape index (κ2) is 9.61. The number of amides is 1. The molecule has 0 spiro atoms. The van der Waals surface area contributed by atoms with Crippen molar-refractivity contribution in [2.45, 2.75) is 11.3 Å². The fourth-order valence-electron chi connectivity index (χ4n) is 2.22. The number of carbonyl (C=O) groups excluding carboxylic acids is 1. The molecule has 0 saturated carbocycles. The first-order valence-corrected chi connectivity index (χ1v) is 10.2. The van der Waals surface area contributed by atoms with Gasteiger partial charge in [0, 0.05) is 0 Å². The molecule has 1 heterocycles. The van der Waals surface area contributed by atoms with Crippen LogP contribution in [-0.4, -0.2) is 28.5 Å². The number of anilines is 3. The summed E-state index contributed by atoms with van der Waals surface area (Å²) in [5.74, 6) is -4.43. The third-order valence-electron chi connectivity index (χ3n) is 3.47. The smallest absolute Gasteiger partial charge is 0.234 e. The Balaban J connectivity index is 1.57. The summed E-state index contributed by atoms with van der Waals surface area (Å²) < 4.78 is 45.8. The molecule has 3 aromatic rings. The van der Waals surface area contributed by atoms with Gasteiger partial charge in [-0.2, -0.15) is 0 Å². The molecule has 2 aromatic carbocycles. The lowest BCUT2D eigenvalue weighted by molar-refractivity contribution is -0.113. The van der Waals surface area contributed by atoms with Crippen molar-refractivity contribution in [3.63, 3.8) is 0 Å². The van der Waals surface area contributed by atoms with E-state index >= 15 is 0 Å². The molecule has 0 bridgehead atoms. The molecule has 0 saturated heterocycles. The first-order chi connectivity index (χ1) is 14.0. The quantitative estimate of drug-likeness (QED) is 0.386. The maximum absolute atomic E-state index is 13.6. The molecule has 1 amide bonds. The van der Waals surface area contributed by atoms with Gasteiger partial charge in [0.2, 0.25) is 11.0 Å². The number of nitrogens with one attached hydrogen (secondary N) is 2. The van der Waals surface area contributed by atoms with Crippen molar-refractivity contribution < 1.29 is 22.7 Å². The summed E-state index contributed by atoms with van der Waals surface area (Å²) in [4.78, 5) is 12.0. The Kier molecular flexibility index (Phi) is 6.94. The lowest BCUT2D eigenvalue weighted by atomic mass is 10.3. The van der Waals surface area contributed by atoms with Gasteiger partial charge in [0.1, 0.15) is 5.75 Å². The van der Waals surface area contributed by atoms with E-state index in [1.54, 1.807) is 0 Å². The molecule has 11 heteroatoms. The second-order valence-electron chi connectivity index (χ2n) is 5.49. The van der Waals surface area contributed by atoms with E-state index in [0.717, 1.165) is 29.6 Å². The van der Waals surface area contributed by atoms with Gasteiger partial charge in [-0.1, -0.05) is 35.2 Å². The van der Waals surface area contributed by atoms with Crippen molar-refractivity contribution in [3.05, 3.63) is 53.8 Å². The number of para-hydroxylation sites is 2. The first-order valence-electron chi connectivity index (χ1n) is 8.36. The van der Waals surface area contributed by atoms with E-state index in [4.69, 9.17) is 4.74 Å². The van der Waals surface area contributed by atoms with E-state index in [9.17, 15) is 18.0 Å². The van der Waals surface area contributed by atoms with Crippen LogP contribution in [-0.2, 0) is 4.79 Å². The third-order valence-corrected chi connectivity index (χ3v) is 5.44. The van der Waals surface area contributed by atoms with Crippen molar-refractivity contribution >= 4 is 45.5 Å².